The highest BCUT2D eigenvalue weighted by atomic mass is 16.5. The fourth-order valence-electron chi connectivity index (χ4n) is 2.17. The molecular formula is C12H16O2. The van der Waals surface area contributed by atoms with Crippen molar-refractivity contribution in [1.29, 1.82) is 0 Å². The predicted molar refractivity (Wildman–Crippen MR) is 55.5 cm³/mol. The molecule has 0 saturated heterocycles. The van der Waals surface area contributed by atoms with E-state index in [1.54, 1.807) is 6.07 Å². The van der Waals surface area contributed by atoms with Gasteiger partial charge in [0.25, 0.3) is 0 Å². The minimum Gasteiger partial charge on any atom is -0.508 e. The van der Waals surface area contributed by atoms with Crippen LogP contribution in [0.4, 0.5) is 0 Å². The summed E-state index contributed by atoms with van der Waals surface area (Å²) in [4.78, 5) is 0. The molecule has 0 aliphatic carbocycles. The molecule has 76 valence electrons. The Labute approximate surface area is 84.5 Å². The van der Waals surface area contributed by atoms with Crippen molar-refractivity contribution in [3.63, 3.8) is 0 Å². The SMILES string of the molecule is C[C@@H]1O[C@@H](C)[C@H](C)c2c(O)cccc21. The van der Waals surface area contributed by atoms with Gasteiger partial charge < -0.3 is 9.84 Å². The fourth-order valence-corrected chi connectivity index (χ4v) is 2.17. The molecule has 1 N–H and O–H groups in total. The van der Waals surface area contributed by atoms with E-state index in [9.17, 15) is 5.11 Å². The summed E-state index contributed by atoms with van der Waals surface area (Å²) in [6, 6.07) is 5.65. The van der Waals surface area contributed by atoms with Crippen molar-refractivity contribution in [2.75, 3.05) is 0 Å². The summed E-state index contributed by atoms with van der Waals surface area (Å²) >= 11 is 0. The van der Waals surface area contributed by atoms with Crippen LogP contribution in [0.1, 0.15) is 43.9 Å². The Balaban J connectivity index is 2.56. The molecule has 2 rings (SSSR count). The first kappa shape index (κ1) is 9.53. The summed E-state index contributed by atoms with van der Waals surface area (Å²) in [5, 5.41) is 9.81. The molecule has 0 unspecified atom stereocenters. The Morgan fingerprint density at radius 1 is 1.21 bits per heavy atom. The highest BCUT2D eigenvalue weighted by Gasteiger charge is 2.30. The monoisotopic (exact) mass is 192 g/mol. The minimum absolute atomic E-state index is 0.0864. The topological polar surface area (TPSA) is 29.5 Å². The predicted octanol–water partition coefficient (Wildman–Crippen LogP) is 2.98. The molecule has 2 nitrogen and oxygen atoms in total. The van der Waals surface area contributed by atoms with Crippen molar-refractivity contribution in [3.05, 3.63) is 29.3 Å². The van der Waals surface area contributed by atoms with E-state index in [4.69, 9.17) is 4.74 Å². The molecule has 1 heterocycles. The minimum atomic E-state index is 0.0864. The Hall–Kier alpha value is -1.02. The van der Waals surface area contributed by atoms with E-state index in [0.29, 0.717) is 5.75 Å². The maximum Gasteiger partial charge on any atom is 0.119 e. The summed E-state index contributed by atoms with van der Waals surface area (Å²) in [5.74, 6) is 0.666. The van der Waals surface area contributed by atoms with Crippen LogP contribution >= 0.6 is 0 Å². The van der Waals surface area contributed by atoms with Gasteiger partial charge >= 0.3 is 0 Å². The van der Waals surface area contributed by atoms with Gasteiger partial charge in [-0.05, 0) is 25.5 Å². The Kier molecular flexibility index (Phi) is 2.23. The third-order valence-corrected chi connectivity index (χ3v) is 3.13. The number of benzene rings is 1. The molecular weight excluding hydrogens is 176 g/mol. The quantitative estimate of drug-likeness (QED) is 0.684. The zero-order valence-corrected chi connectivity index (χ0v) is 8.82. The van der Waals surface area contributed by atoms with Crippen LogP contribution in [0, 0.1) is 0 Å². The van der Waals surface area contributed by atoms with Crippen molar-refractivity contribution in [3.8, 4) is 5.75 Å². The summed E-state index contributed by atoms with van der Waals surface area (Å²) in [6.07, 6.45) is 0.258. The second-order valence-corrected chi connectivity index (χ2v) is 4.05. The highest BCUT2D eigenvalue weighted by Crippen LogP contribution is 2.41. The van der Waals surface area contributed by atoms with E-state index in [1.165, 1.54) is 0 Å². The van der Waals surface area contributed by atoms with Gasteiger partial charge in [0.15, 0.2) is 0 Å². The first-order chi connectivity index (χ1) is 6.61. The van der Waals surface area contributed by atoms with Crippen LogP contribution in [0.5, 0.6) is 5.75 Å². The molecule has 0 amide bonds. The number of aromatic hydroxyl groups is 1. The van der Waals surface area contributed by atoms with Gasteiger partial charge in [-0.25, -0.2) is 0 Å². The summed E-state index contributed by atoms with van der Waals surface area (Å²) in [7, 11) is 0. The van der Waals surface area contributed by atoms with Gasteiger partial charge in [0.2, 0.25) is 0 Å². The van der Waals surface area contributed by atoms with Gasteiger partial charge in [0, 0.05) is 11.5 Å². The lowest BCUT2D eigenvalue weighted by Gasteiger charge is -2.33. The second-order valence-electron chi connectivity index (χ2n) is 4.05. The van der Waals surface area contributed by atoms with E-state index < -0.39 is 0 Å². The third kappa shape index (κ3) is 1.30. The van der Waals surface area contributed by atoms with Gasteiger partial charge in [0.05, 0.1) is 12.2 Å². The van der Waals surface area contributed by atoms with Crippen LogP contribution in [0.15, 0.2) is 18.2 Å². The number of fused-ring (bicyclic) bond motifs is 1. The number of phenolic OH excluding ortho intramolecular Hbond substituents is 1. The average molecular weight is 192 g/mol. The number of phenols is 1. The molecule has 0 bridgehead atoms. The zero-order valence-electron chi connectivity index (χ0n) is 8.82. The number of hydrogen-bond acceptors (Lipinski definition) is 2. The van der Waals surface area contributed by atoms with Crippen LogP contribution in [0.2, 0.25) is 0 Å². The van der Waals surface area contributed by atoms with Gasteiger partial charge in [-0.2, -0.15) is 0 Å². The smallest absolute Gasteiger partial charge is 0.119 e. The lowest BCUT2D eigenvalue weighted by molar-refractivity contribution is -0.0196. The van der Waals surface area contributed by atoms with E-state index in [1.807, 2.05) is 19.1 Å². The number of ether oxygens (including phenoxy) is 1. The van der Waals surface area contributed by atoms with Crippen molar-refractivity contribution >= 4 is 0 Å². The summed E-state index contributed by atoms with van der Waals surface area (Å²) < 4.78 is 5.77. The molecule has 0 saturated carbocycles. The Bertz CT molecular complexity index is 346. The van der Waals surface area contributed by atoms with E-state index in [0.717, 1.165) is 11.1 Å². The first-order valence-electron chi connectivity index (χ1n) is 5.08. The Morgan fingerprint density at radius 3 is 2.64 bits per heavy atom. The Morgan fingerprint density at radius 2 is 1.93 bits per heavy atom. The van der Waals surface area contributed by atoms with Crippen molar-refractivity contribution in [1.82, 2.24) is 0 Å². The maximum absolute atomic E-state index is 9.81. The largest absolute Gasteiger partial charge is 0.508 e. The normalized spacial score (nSPS) is 31.2. The van der Waals surface area contributed by atoms with Crippen molar-refractivity contribution in [2.45, 2.75) is 38.9 Å². The summed E-state index contributed by atoms with van der Waals surface area (Å²) in [5.41, 5.74) is 2.18. The lowest BCUT2D eigenvalue weighted by Crippen LogP contribution is -2.25. The molecule has 3 atom stereocenters. The third-order valence-electron chi connectivity index (χ3n) is 3.13. The molecule has 1 aromatic carbocycles. The maximum atomic E-state index is 9.81. The molecule has 0 spiro atoms. The van der Waals surface area contributed by atoms with Crippen LogP contribution in [0.3, 0.4) is 0 Å². The molecule has 1 aliphatic heterocycles. The molecule has 0 fully saturated rings. The second kappa shape index (κ2) is 3.28. The van der Waals surface area contributed by atoms with E-state index >= 15 is 0 Å². The van der Waals surface area contributed by atoms with Crippen molar-refractivity contribution < 1.29 is 9.84 Å². The standard InChI is InChI=1S/C12H16O2/c1-7-8(2)14-9(3)10-5-4-6-11(13)12(7)10/h4-9,13H,1-3H3/t7-,8-,9-/m0/s1. The van der Waals surface area contributed by atoms with Crippen molar-refractivity contribution in [2.24, 2.45) is 0 Å². The van der Waals surface area contributed by atoms with Crippen LogP contribution in [-0.4, -0.2) is 11.2 Å². The van der Waals surface area contributed by atoms with Crippen LogP contribution < -0.4 is 0 Å². The van der Waals surface area contributed by atoms with Gasteiger partial charge in [0.1, 0.15) is 5.75 Å². The van der Waals surface area contributed by atoms with Crippen LogP contribution in [-0.2, 0) is 4.74 Å². The van der Waals surface area contributed by atoms with Gasteiger partial charge in [-0.15, -0.1) is 0 Å². The zero-order chi connectivity index (χ0) is 10.3. The highest BCUT2D eigenvalue weighted by molar-refractivity contribution is 5.44. The molecule has 1 aliphatic rings. The summed E-state index contributed by atoms with van der Waals surface area (Å²) in [6.45, 7) is 6.17. The fraction of sp³-hybridized carbons (Fsp3) is 0.500. The van der Waals surface area contributed by atoms with E-state index in [-0.39, 0.29) is 18.1 Å². The molecule has 14 heavy (non-hydrogen) atoms. The molecule has 2 heteroatoms. The number of rotatable bonds is 0. The van der Waals surface area contributed by atoms with Gasteiger partial charge in [-0.1, -0.05) is 19.1 Å². The average Bonchev–Trinajstić information content (AvgIpc) is 2.14. The van der Waals surface area contributed by atoms with Crippen LogP contribution in [0.25, 0.3) is 0 Å². The molecule has 0 radical (unpaired) electrons. The molecule has 0 aromatic heterocycles. The molecule has 1 aromatic rings. The van der Waals surface area contributed by atoms with E-state index in [2.05, 4.69) is 13.8 Å². The lowest BCUT2D eigenvalue weighted by atomic mass is 9.86. The van der Waals surface area contributed by atoms with Gasteiger partial charge in [-0.3, -0.25) is 0 Å². The first-order valence-corrected chi connectivity index (χ1v) is 5.08. The number of hydrogen-bond donors (Lipinski definition) is 1.